The minimum absolute atomic E-state index is 0.0607. The largest absolute Gasteiger partial charge is 0.433 e. The van der Waals surface area contributed by atoms with E-state index in [0.717, 1.165) is 0 Å². The Balaban J connectivity index is 2.67. The fourth-order valence-electron chi connectivity index (χ4n) is 1.60. The number of halogens is 5. The number of pyridine rings is 1. The second kappa shape index (κ2) is 5.42. The van der Waals surface area contributed by atoms with E-state index in [9.17, 15) is 18.0 Å². The van der Waals surface area contributed by atoms with Gasteiger partial charge in [0.2, 0.25) is 0 Å². The Kier molecular flexibility index (Phi) is 4.01. The SMILES string of the molecule is O=Cc1cc(-c2cc(Cl)ccc2Cl)nc(C(F)(F)F)c1. The molecule has 0 saturated heterocycles. The monoisotopic (exact) mass is 319 g/mol. The molecule has 1 aromatic heterocycles. The van der Waals surface area contributed by atoms with Crippen LogP contribution in [0.2, 0.25) is 10.0 Å². The predicted octanol–water partition coefficient (Wildman–Crippen LogP) is 4.89. The number of carbonyl (C=O) groups excluding carboxylic acids is 1. The van der Waals surface area contributed by atoms with Crippen LogP contribution in [0.1, 0.15) is 16.1 Å². The highest BCUT2D eigenvalue weighted by Crippen LogP contribution is 2.33. The van der Waals surface area contributed by atoms with Gasteiger partial charge in [0.15, 0.2) is 0 Å². The minimum atomic E-state index is -4.65. The molecule has 2 nitrogen and oxygen atoms in total. The molecule has 0 radical (unpaired) electrons. The van der Waals surface area contributed by atoms with Crippen molar-refractivity contribution >= 4 is 29.5 Å². The lowest BCUT2D eigenvalue weighted by atomic mass is 10.1. The Morgan fingerprint density at radius 1 is 1.10 bits per heavy atom. The summed E-state index contributed by atoms with van der Waals surface area (Å²) < 4.78 is 38.2. The second-order valence-corrected chi connectivity index (χ2v) is 4.75. The van der Waals surface area contributed by atoms with Gasteiger partial charge in [-0.1, -0.05) is 23.2 Å². The summed E-state index contributed by atoms with van der Waals surface area (Å²) in [5.74, 6) is 0. The molecule has 0 unspecified atom stereocenters. The standard InChI is InChI=1S/C13H6Cl2F3NO/c14-8-1-2-10(15)9(5-8)11-3-7(6-20)4-12(19-11)13(16,17)18/h1-6H. The van der Waals surface area contributed by atoms with E-state index >= 15 is 0 Å². The van der Waals surface area contributed by atoms with Gasteiger partial charge in [-0.2, -0.15) is 13.2 Å². The molecule has 0 atom stereocenters. The average Bonchev–Trinajstić information content (AvgIpc) is 2.40. The van der Waals surface area contributed by atoms with Crippen molar-refractivity contribution in [1.82, 2.24) is 4.98 Å². The number of carbonyl (C=O) groups is 1. The van der Waals surface area contributed by atoms with Gasteiger partial charge >= 0.3 is 6.18 Å². The molecule has 20 heavy (non-hydrogen) atoms. The normalized spacial score (nSPS) is 11.4. The van der Waals surface area contributed by atoms with Gasteiger partial charge in [-0.25, -0.2) is 4.98 Å². The molecule has 0 amide bonds. The van der Waals surface area contributed by atoms with Crippen molar-refractivity contribution in [3.8, 4) is 11.3 Å². The van der Waals surface area contributed by atoms with Crippen LogP contribution in [0.15, 0.2) is 30.3 Å². The number of alkyl halides is 3. The fourth-order valence-corrected chi connectivity index (χ4v) is 1.98. The molecule has 7 heteroatoms. The van der Waals surface area contributed by atoms with Crippen LogP contribution in [-0.4, -0.2) is 11.3 Å². The van der Waals surface area contributed by atoms with Crippen LogP contribution in [0, 0.1) is 0 Å². The zero-order valence-corrected chi connectivity index (χ0v) is 11.2. The van der Waals surface area contributed by atoms with E-state index < -0.39 is 11.9 Å². The molecular formula is C13H6Cl2F3NO. The van der Waals surface area contributed by atoms with E-state index in [0.29, 0.717) is 17.4 Å². The molecule has 1 aromatic carbocycles. The Morgan fingerprint density at radius 2 is 1.80 bits per heavy atom. The van der Waals surface area contributed by atoms with Gasteiger partial charge in [0.1, 0.15) is 12.0 Å². The number of aldehydes is 1. The summed E-state index contributed by atoms with van der Waals surface area (Å²) in [6.45, 7) is 0. The quantitative estimate of drug-likeness (QED) is 0.738. The first kappa shape index (κ1) is 14.8. The van der Waals surface area contributed by atoms with E-state index in [2.05, 4.69) is 4.98 Å². The Labute approximate surface area is 122 Å². The third kappa shape index (κ3) is 3.11. The van der Waals surface area contributed by atoms with Crippen molar-refractivity contribution < 1.29 is 18.0 Å². The molecule has 0 saturated carbocycles. The predicted molar refractivity (Wildman–Crippen MR) is 70.1 cm³/mol. The molecule has 0 aliphatic heterocycles. The number of hydrogen-bond acceptors (Lipinski definition) is 2. The molecule has 2 rings (SSSR count). The van der Waals surface area contributed by atoms with Gasteiger partial charge in [0, 0.05) is 16.1 Å². The third-order valence-corrected chi connectivity index (χ3v) is 3.04. The van der Waals surface area contributed by atoms with E-state index in [1.807, 2.05) is 0 Å². The van der Waals surface area contributed by atoms with Crippen LogP contribution >= 0.6 is 23.2 Å². The maximum absolute atomic E-state index is 12.7. The first-order valence-corrected chi connectivity index (χ1v) is 6.07. The zero-order valence-electron chi connectivity index (χ0n) is 9.71. The topological polar surface area (TPSA) is 30.0 Å². The van der Waals surface area contributed by atoms with Crippen molar-refractivity contribution in [2.24, 2.45) is 0 Å². The molecule has 0 aliphatic rings. The summed E-state index contributed by atoms with van der Waals surface area (Å²) in [6, 6.07) is 6.24. The van der Waals surface area contributed by atoms with Gasteiger partial charge in [-0.05, 0) is 30.3 Å². The average molecular weight is 320 g/mol. The molecule has 0 fully saturated rings. The van der Waals surface area contributed by atoms with Crippen molar-refractivity contribution in [3.63, 3.8) is 0 Å². The smallest absolute Gasteiger partial charge is 0.298 e. The summed E-state index contributed by atoms with van der Waals surface area (Å²) in [6.07, 6.45) is -4.34. The number of nitrogens with zero attached hydrogens (tertiary/aromatic N) is 1. The lowest BCUT2D eigenvalue weighted by Crippen LogP contribution is -2.09. The molecular weight excluding hydrogens is 314 g/mol. The second-order valence-electron chi connectivity index (χ2n) is 3.91. The third-order valence-electron chi connectivity index (χ3n) is 2.48. The van der Waals surface area contributed by atoms with E-state index in [4.69, 9.17) is 23.2 Å². The van der Waals surface area contributed by atoms with Gasteiger partial charge < -0.3 is 0 Å². The van der Waals surface area contributed by atoms with Crippen LogP contribution in [0.3, 0.4) is 0 Å². The maximum atomic E-state index is 12.7. The Morgan fingerprint density at radius 3 is 2.40 bits per heavy atom. The summed E-state index contributed by atoms with van der Waals surface area (Å²) in [4.78, 5) is 14.3. The molecule has 0 bridgehead atoms. The van der Waals surface area contributed by atoms with E-state index in [1.165, 1.54) is 24.3 Å². The molecule has 104 valence electrons. The molecule has 0 aliphatic carbocycles. The van der Waals surface area contributed by atoms with Gasteiger partial charge in [0.05, 0.1) is 10.7 Å². The number of benzene rings is 1. The van der Waals surface area contributed by atoms with Crippen LogP contribution in [0.4, 0.5) is 13.2 Å². The van der Waals surface area contributed by atoms with Crippen molar-refractivity contribution in [1.29, 1.82) is 0 Å². The lowest BCUT2D eigenvalue weighted by molar-refractivity contribution is -0.141. The highest BCUT2D eigenvalue weighted by molar-refractivity contribution is 6.35. The number of aromatic nitrogens is 1. The zero-order chi connectivity index (χ0) is 14.9. The highest BCUT2D eigenvalue weighted by atomic mass is 35.5. The Bertz CT molecular complexity index is 671. The number of hydrogen-bond donors (Lipinski definition) is 0. The molecule has 0 N–H and O–H groups in total. The Hall–Kier alpha value is -1.59. The summed E-state index contributed by atoms with van der Waals surface area (Å²) >= 11 is 11.7. The first-order valence-electron chi connectivity index (χ1n) is 5.31. The highest BCUT2D eigenvalue weighted by Gasteiger charge is 2.33. The summed E-state index contributed by atoms with van der Waals surface area (Å²) in [7, 11) is 0. The molecule has 0 spiro atoms. The minimum Gasteiger partial charge on any atom is -0.298 e. The van der Waals surface area contributed by atoms with Gasteiger partial charge in [-0.3, -0.25) is 4.79 Å². The first-order chi connectivity index (χ1) is 9.31. The number of rotatable bonds is 2. The van der Waals surface area contributed by atoms with Crippen molar-refractivity contribution in [2.45, 2.75) is 6.18 Å². The molecule has 1 heterocycles. The van der Waals surface area contributed by atoms with Crippen LogP contribution in [0.5, 0.6) is 0 Å². The lowest BCUT2D eigenvalue weighted by Gasteiger charge is -2.10. The summed E-state index contributed by atoms with van der Waals surface area (Å²) in [5, 5.41) is 0.495. The van der Waals surface area contributed by atoms with Crippen LogP contribution in [0.25, 0.3) is 11.3 Å². The van der Waals surface area contributed by atoms with Crippen molar-refractivity contribution in [2.75, 3.05) is 0 Å². The summed E-state index contributed by atoms with van der Waals surface area (Å²) in [5.41, 5.74) is -1.13. The van der Waals surface area contributed by atoms with E-state index in [-0.39, 0.29) is 21.8 Å². The van der Waals surface area contributed by atoms with Gasteiger partial charge in [0.25, 0.3) is 0 Å². The van der Waals surface area contributed by atoms with Crippen LogP contribution in [-0.2, 0) is 6.18 Å². The van der Waals surface area contributed by atoms with Gasteiger partial charge in [-0.15, -0.1) is 0 Å². The van der Waals surface area contributed by atoms with E-state index in [1.54, 1.807) is 0 Å². The van der Waals surface area contributed by atoms with Crippen molar-refractivity contribution in [3.05, 3.63) is 51.6 Å². The fraction of sp³-hybridized carbons (Fsp3) is 0.0769. The van der Waals surface area contributed by atoms with Crippen LogP contribution < -0.4 is 0 Å². The molecule has 2 aromatic rings. The maximum Gasteiger partial charge on any atom is 0.433 e.